The lowest BCUT2D eigenvalue weighted by Crippen LogP contribution is -2.26. The van der Waals surface area contributed by atoms with E-state index in [-0.39, 0.29) is 17.8 Å². The number of benzene rings is 4. The molecule has 0 bridgehead atoms. The number of alkyl halides is 1. The molecule has 0 aromatic heterocycles. The van der Waals surface area contributed by atoms with Gasteiger partial charge in [-0.2, -0.15) is 0 Å². The molecule has 1 aliphatic carbocycles. The molecular weight excluding hydrogens is 588 g/mol. The van der Waals surface area contributed by atoms with E-state index >= 15 is 0 Å². The van der Waals surface area contributed by atoms with Gasteiger partial charge in [-0.1, -0.05) is 78.3 Å². The van der Waals surface area contributed by atoms with Crippen LogP contribution in [0.2, 0.25) is 5.02 Å². The van der Waals surface area contributed by atoms with Gasteiger partial charge in [0, 0.05) is 19.6 Å². The van der Waals surface area contributed by atoms with Gasteiger partial charge in [0.2, 0.25) is 0 Å². The van der Waals surface area contributed by atoms with Gasteiger partial charge in [-0.15, -0.1) is 0 Å². The van der Waals surface area contributed by atoms with Crippen LogP contribution >= 0.6 is 11.6 Å². The van der Waals surface area contributed by atoms with Gasteiger partial charge in [-0.25, -0.2) is 4.39 Å². The zero-order valence-electron chi connectivity index (χ0n) is 26.0. The van der Waals surface area contributed by atoms with E-state index in [9.17, 15) is 13.9 Å². The highest BCUT2D eigenvalue weighted by atomic mass is 35.5. The number of fused-ring (bicyclic) bond motifs is 1. The Morgan fingerprint density at radius 2 is 1.64 bits per heavy atom. The lowest BCUT2D eigenvalue weighted by atomic mass is 9.86. The number of hydrogen-bond donors (Lipinski definition) is 1. The van der Waals surface area contributed by atoms with E-state index in [1.165, 1.54) is 11.6 Å². The summed E-state index contributed by atoms with van der Waals surface area (Å²) >= 11 is 6.60. The van der Waals surface area contributed by atoms with Crippen LogP contribution in [0.5, 0.6) is 5.75 Å². The molecule has 1 atom stereocenters. The third-order valence-corrected chi connectivity index (χ3v) is 9.42. The normalized spacial score (nSPS) is 17.3. The van der Waals surface area contributed by atoms with E-state index in [4.69, 9.17) is 16.3 Å². The van der Waals surface area contributed by atoms with E-state index in [0.29, 0.717) is 6.42 Å². The largest absolute Gasteiger partial charge is 0.489 e. The zero-order valence-corrected chi connectivity index (χ0v) is 26.7. The first-order valence-corrected chi connectivity index (χ1v) is 16.3. The smallest absolute Gasteiger partial charge is 0.142 e. The summed E-state index contributed by atoms with van der Waals surface area (Å²) in [5.41, 5.74) is 8.38. The van der Waals surface area contributed by atoms with Gasteiger partial charge in [0.15, 0.2) is 0 Å². The van der Waals surface area contributed by atoms with Crippen LogP contribution in [0.3, 0.4) is 0 Å². The van der Waals surface area contributed by atoms with Gasteiger partial charge >= 0.3 is 0 Å². The number of nitrogens with zero attached hydrogens (tertiary/aromatic N) is 1. The minimum absolute atomic E-state index is 0.0888. The molecule has 1 heterocycles. The van der Waals surface area contributed by atoms with Crippen molar-refractivity contribution < 1.29 is 18.6 Å². The molecule has 0 amide bonds. The highest BCUT2D eigenvalue weighted by Crippen LogP contribution is 2.43. The molecule has 2 aliphatic rings. The number of halogens is 3. The average molecular weight is 628 g/mol. The average Bonchev–Trinajstić information content (AvgIpc) is 3.39. The Morgan fingerprint density at radius 1 is 0.911 bits per heavy atom. The number of likely N-dealkylation sites (tertiary alicyclic amines) is 1. The van der Waals surface area contributed by atoms with Crippen LogP contribution in [-0.4, -0.2) is 42.4 Å². The lowest BCUT2D eigenvalue weighted by molar-refractivity contribution is 0.0786. The summed E-state index contributed by atoms with van der Waals surface area (Å²) in [4.78, 5) is 2.26. The summed E-state index contributed by atoms with van der Waals surface area (Å²) < 4.78 is 33.7. The van der Waals surface area contributed by atoms with Crippen LogP contribution in [-0.2, 0) is 12.0 Å². The summed E-state index contributed by atoms with van der Waals surface area (Å²) in [6.45, 7) is 5.80. The van der Waals surface area contributed by atoms with Crippen molar-refractivity contribution in [1.29, 1.82) is 0 Å². The number of ether oxygens (including phenoxy) is 1. The second-order valence-electron chi connectivity index (χ2n) is 12.7. The molecule has 6 rings (SSSR count). The first-order chi connectivity index (χ1) is 21.7. The monoisotopic (exact) mass is 627 g/mol. The number of hydrogen-bond acceptors (Lipinski definition) is 3. The molecule has 234 valence electrons. The summed E-state index contributed by atoms with van der Waals surface area (Å²) in [5, 5.41) is 10.5. The Balaban J connectivity index is 1.36. The Kier molecular flexibility index (Phi) is 9.41. The fraction of sp³-hybridized carbons (Fsp3) is 0.333. The highest BCUT2D eigenvalue weighted by Gasteiger charge is 2.25. The number of aryl methyl sites for hydroxylation is 1. The molecule has 1 saturated heterocycles. The van der Waals surface area contributed by atoms with Crippen LogP contribution in [0.25, 0.3) is 22.3 Å². The van der Waals surface area contributed by atoms with Gasteiger partial charge in [0.1, 0.15) is 17.7 Å². The molecule has 3 nitrogen and oxygen atoms in total. The topological polar surface area (TPSA) is 32.7 Å². The number of aliphatic hydroxyl groups is 1. The van der Waals surface area contributed by atoms with Gasteiger partial charge in [0.25, 0.3) is 0 Å². The predicted molar refractivity (Wildman–Crippen MR) is 180 cm³/mol. The second kappa shape index (κ2) is 13.5. The van der Waals surface area contributed by atoms with Crippen molar-refractivity contribution in [2.75, 3.05) is 26.3 Å². The molecule has 4 aromatic carbocycles. The minimum Gasteiger partial charge on any atom is -0.489 e. The van der Waals surface area contributed by atoms with Gasteiger partial charge in [-0.05, 0) is 114 Å². The van der Waals surface area contributed by atoms with Crippen LogP contribution in [0.1, 0.15) is 67.3 Å². The highest BCUT2D eigenvalue weighted by molar-refractivity contribution is 6.33. The zero-order chi connectivity index (χ0) is 31.6. The Bertz CT molecular complexity index is 1680. The molecule has 6 heteroatoms. The molecule has 0 spiro atoms. The van der Waals surface area contributed by atoms with E-state index in [1.807, 2.05) is 30.3 Å². The van der Waals surface area contributed by atoms with Crippen LogP contribution < -0.4 is 4.74 Å². The van der Waals surface area contributed by atoms with E-state index in [2.05, 4.69) is 47.4 Å². The molecule has 0 unspecified atom stereocenters. The Hall–Kier alpha value is -3.51. The molecule has 0 saturated carbocycles. The standard InChI is InChI=1S/C39H40ClF2NO2/c1-39(2,44)30-15-10-26(11-16-30)28-14-19-33-29(24-28)6-3-7-34(35-8-4-9-36(42)38(35)40)37(33)27-12-17-31(18-13-27)45-32-20-23-43(25-32)22-5-21-41/h4,8-19,24,32,44H,3,5-7,20-23,25H2,1-2H3/t32-/m0/s1. The van der Waals surface area contributed by atoms with Crippen molar-refractivity contribution in [3.05, 3.63) is 124 Å². The SMILES string of the molecule is CC(C)(O)c1ccc(-c2ccc3c(c2)CCCC(c2cccc(F)c2Cl)=C3c2ccc(O[C@H]3CCN(CCCF)C3)cc2)cc1. The quantitative estimate of drug-likeness (QED) is 0.201. The third-order valence-electron chi connectivity index (χ3n) is 9.03. The Labute approximate surface area is 270 Å². The van der Waals surface area contributed by atoms with E-state index < -0.39 is 11.4 Å². The summed E-state index contributed by atoms with van der Waals surface area (Å²) in [6.07, 6.45) is 4.13. The molecule has 1 N–H and O–H groups in total. The van der Waals surface area contributed by atoms with Crippen molar-refractivity contribution >= 4 is 22.7 Å². The maximum Gasteiger partial charge on any atom is 0.142 e. The third kappa shape index (κ3) is 7.01. The maximum atomic E-state index is 14.7. The fourth-order valence-electron chi connectivity index (χ4n) is 6.65. The molecule has 1 aliphatic heterocycles. The van der Waals surface area contributed by atoms with Crippen molar-refractivity contribution in [2.45, 2.75) is 57.7 Å². The van der Waals surface area contributed by atoms with Gasteiger partial charge in [-0.3, -0.25) is 9.29 Å². The molecule has 45 heavy (non-hydrogen) atoms. The van der Waals surface area contributed by atoms with Crippen molar-refractivity contribution in [3.8, 4) is 16.9 Å². The first-order valence-electron chi connectivity index (χ1n) is 15.9. The van der Waals surface area contributed by atoms with Crippen LogP contribution in [0.4, 0.5) is 8.78 Å². The fourth-order valence-corrected chi connectivity index (χ4v) is 6.89. The lowest BCUT2D eigenvalue weighted by Gasteiger charge is -2.20. The van der Waals surface area contributed by atoms with E-state index in [0.717, 1.165) is 95.6 Å². The Morgan fingerprint density at radius 3 is 2.38 bits per heavy atom. The van der Waals surface area contributed by atoms with Crippen LogP contribution in [0.15, 0.2) is 84.9 Å². The van der Waals surface area contributed by atoms with Crippen molar-refractivity contribution in [3.63, 3.8) is 0 Å². The molecular formula is C39H40ClF2NO2. The molecule has 1 fully saturated rings. The summed E-state index contributed by atoms with van der Waals surface area (Å²) in [6, 6.07) is 27.9. The summed E-state index contributed by atoms with van der Waals surface area (Å²) in [5.74, 6) is 0.386. The molecule has 4 aromatic rings. The summed E-state index contributed by atoms with van der Waals surface area (Å²) in [7, 11) is 0. The minimum atomic E-state index is -0.894. The van der Waals surface area contributed by atoms with Gasteiger partial charge < -0.3 is 9.84 Å². The second-order valence-corrected chi connectivity index (χ2v) is 13.1. The van der Waals surface area contributed by atoms with Gasteiger partial charge in [0.05, 0.1) is 17.3 Å². The van der Waals surface area contributed by atoms with Crippen molar-refractivity contribution in [2.24, 2.45) is 0 Å². The van der Waals surface area contributed by atoms with Crippen molar-refractivity contribution in [1.82, 2.24) is 4.90 Å². The van der Waals surface area contributed by atoms with E-state index in [1.54, 1.807) is 19.9 Å². The van der Waals surface area contributed by atoms with Crippen LogP contribution in [0, 0.1) is 5.82 Å². The molecule has 0 radical (unpaired) electrons. The first kappa shape index (κ1) is 31.5. The number of rotatable bonds is 9. The number of allylic oxidation sites excluding steroid dienone is 1. The maximum absolute atomic E-state index is 14.7. The predicted octanol–water partition coefficient (Wildman–Crippen LogP) is 9.48.